The van der Waals surface area contributed by atoms with Crippen molar-refractivity contribution in [1.82, 2.24) is 14.8 Å². The first-order chi connectivity index (χ1) is 15.1. The van der Waals surface area contributed by atoms with Gasteiger partial charge >= 0.3 is 0 Å². The molecule has 0 spiro atoms. The van der Waals surface area contributed by atoms with E-state index in [9.17, 15) is 9.59 Å². The van der Waals surface area contributed by atoms with Crippen molar-refractivity contribution in [2.75, 3.05) is 16.8 Å². The van der Waals surface area contributed by atoms with Crippen molar-refractivity contribution in [1.29, 1.82) is 0 Å². The highest BCUT2D eigenvalue weighted by molar-refractivity contribution is 7.12. The molecule has 0 radical (unpaired) electrons. The fourth-order valence-electron chi connectivity index (χ4n) is 3.72. The smallest absolute Gasteiger partial charge is 0.265 e. The van der Waals surface area contributed by atoms with E-state index in [1.807, 2.05) is 47.2 Å². The van der Waals surface area contributed by atoms with E-state index >= 15 is 0 Å². The molecule has 3 heterocycles. The molecule has 7 nitrogen and oxygen atoms in total. The van der Waals surface area contributed by atoms with Crippen LogP contribution in [-0.4, -0.2) is 33.1 Å². The van der Waals surface area contributed by atoms with E-state index in [0.29, 0.717) is 29.1 Å². The topological polar surface area (TPSA) is 80.1 Å². The molecule has 0 bridgehead atoms. The summed E-state index contributed by atoms with van der Waals surface area (Å²) in [6, 6.07) is 16.7. The fourth-order valence-corrected chi connectivity index (χ4v) is 4.54. The van der Waals surface area contributed by atoms with Gasteiger partial charge in [-0.15, -0.1) is 21.5 Å². The van der Waals surface area contributed by atoms with E-state index in [1.165, 1.54) is 11.3 Å². The van der Waals surface area contributed by atoms with Gasteiger partial charge in [-0.3, -0.25) is 14.2 Å². The standard InChI is InChI=1S/C23H19N5O2S/c1-15-11-13-31-21(15)22(29)25-17-8-6-16(7-9-17)23(30)27-12-10-20-26-24-14-28(20)19-5-3-2-4-18(19)27/h2-9,11,13-14H,10,12H2,1H3,(H,25,29). The first-order valence-corrected chi connectivity index (χ1v) is 10.8. The molecule has 0 aliphatic carbocycles. The molecule has 8 heteroatoms. The highest BCUT2D eigenvalue weighted by Crippen LogP contribution is 2.29. The maximum Gasteiger partial charge on any atom is 0.265 e. The summed E-state index contributed by atoms with van der Waals surface area (Å²) in [7, 11) is 0. The first kappa shape index (κ1) is 19.2. The molecule has 0 fully saturated rings. The summed E-state index contributed by atoms with van der Waals surface area (Å²) in [5.41, 5.74) is 3.85. The molecule has 0 saturated carbocycles. The summed E-state index contributed by atoms with van der Waals surface area (Å²) in [6.45, 7) is 2.42. The van der Waals surface area contributed by atoms with Gasteiger partial charge in [0.15, 0.2) is 0 Å². The normalized spacial score (nSPS) is 12.6. The van der Waals surface area contributed by atoms with E-state index < -0.39 is 0 Å². The van der Waals surface area contributed by atoms with Crippen molar-refractivity contribution < 1.29 is 9.59 Å². The van der Waals surface area contributed by atoms with Crippen molar-refractivity contribution in [3.05, 3.63) is 88.1 Å². The molecule has 4 aromatic rings. The molecular formula is C23H19N5O2S. The molecule has 1 aliphatic heterocycles. The van der Waals surface area contributed by atoms with Crippen molar-refractivity contribution in [2.24, 2.45) is 0 Å². The van der Waals surface area contributed by atoms with Gasteiger partial charge in [0.2, 0.25) is 0 Å². The van der Waals surface area contributed by atoms with Crippen LogP contribution in [0.3, 0.4) is 0 Å². The first-order valence-electron chi connectivity index (χ1n) is 9.87. The number of aromatic nitrogens is 3. The second-order valence-corrected chi connectivity index (χ2v) is 8.19. The molecule has 2 aromatic heterocycles. The highest BCUT2D eigenvalue weighted by atomic mass is 32.1. The molecule has 0 atom stereocenters. The van der Waals surface area contributed by atoms with Crippen LogP contribution in [0.25, 0.3) is 5.69 Å². The number of fused-ring (bicyclic) bond motifs is 3. The number of carbonyl (C=O) groups excluding carboxylic acids is 2. The van der Waals surface area contributed by atoms with Gasteiger partial charge in [-0.05, 0) is 60.3 Å². The van der Waals surface area contributed by atoms with Crippen LogP contribution in [0.1, 0.15) is 31.4 Å². The number of hydrogen-bond acceptors (Lipinski definition) is 5. The van der Waals surface area contributed by atoms with Crippen LogP contribution < -0.4 is 10.2 Å². The number of amides is 2. The lowest BCUT2D eigenvalue weighted by Crippen LogP contribution is -2.32. The number of nitrogens with one attached hydrogen (secondary N) is 1. The maximum absolute atomic E-state index is 13.3. The predicted octanol–water partition coefficient (Wildman–Crippen LogP) is 4.09. The molecule has 2 amide bonds. The zero-order valence-corrected chi connectivity index (χ0v) is 17.6. The molecule has 0 unspecified atom stereocenters. The Morgan fingerprint density at radius 2 is 1.81 bits per heavy atom. The number of rotatable bonds is 3. The highest BCUT2D eigenvalue weighted by Gasteiger charge is 2.25. The summed E-state index contributed by atoms with van der Waals surface area (Å²) in [5, 5.41) is 13.0. The number of anilines is 2. The number of para-hydroxylation sites is 2. The number of thiophene rings is 1. The Bertz CT molecular complexity index is 1280. The lowest BCUT2D eigenvalue weighted by atomic mass is 10.1. The Balaban J connectivity index is 1.39. The van der Waals surface area contributed by atoms with Gasteiger partial charge in [0.05, 0.1) is 16.3 Å². The SMILES string of the molecule is Cc1ccsc1C(=O)Nc1ccc(C(=O)N2CCc3nncn3-c3ccccc32)cc1. The average Bonchev–Trinajstić information content (AvgIpc) is 3.40. The van der Waals surface area contributed by atoms with Gasteiger partial charge in [-0.2, -0.15) is 0 Å². The van der Waals surface area contributed by atoms with Crippen LogP contribution in [0.4, 0.5) is 11.4 Å². The molecule has 5 rings (SSSR count). The minimum absolute atomic E-state index is 0.0989. The molecule has 31 heavy (non-hydrogen) atoms. The summed E-state index contributed by atoms with van der Waals surface area (Å²) in [6.07, 6.45) is 2.28. The zero-order chi connectivity index (χ0) is 21.4. The van der Waals surface area contributed by atoms with Gasteiger partial charge in [-0.25, -0.2) is 0 Å². The molecule has 1 aliphatic rings. The second kappa shape index (κ2) is 7.81. The van der Waals surface area contributed by atoms with Crippen LogP contribution in [0, 0.1) is 6.92 Å². The maximum atomic E-state index is 13.3. The molecule has 2 aromatic carbocycles. The van der Waals surface area contributed by atoms with E-state index in [4.69, 9.17) is 0 Å². The van der Waals surface area contributed by atoms with E-state index in [0.717, 1.165) is 22.8 Å². The Morgan fingerprint density at radius 1 is 1.03 bits per heavy atom. The van der Waals surface area contributed by atoms with Crippen molar-refractivity contribution in [3.63, 3.8) is 0 Å². The number of aryl methyl sites for hydroxylation is 1. The van der Waals surface area contributed by atoms with Crippen molar-refractivity contribution in [2.45, 2.75) is 13.3 Å². The number of hydrogen-bond donors (Lipinski definition) is 1. The minimum Gasteiger partial charge on any atom is -0.321 e. The number of nitrogens with zero attached hydrogens (tertiary/aromatic N) is 4. The summed E-state index contributed by atoms with van der Waals surface area (Å²) in [5.74, 6) is 0.582. The Kier molecular flexibility index (Phi) is 4.83. The van der Waals surface area contributed by atoms with Crippen LogP contribution >= 0.6 is 11.3 Å². The van der Waals surface area contributed by atoms with Gasteiger partial charge in [0.1, 0.15) is 12.2 Å². The van der Waals surface area contributed by atoms with E-state index in [2.05, 4.69) is 15.5 Å². The van der Waals surface area contributed by atoms with Crippen LogP contribution in [0.5, 0.6) is 0 Å². The molecule has 0 saturated heterocycles. The quantitative estimate of drug-likeness (QED) is 0.532. The Labute approximate surface area is 183 Å². The second-order valence-electron chi connectivity index (χ2n) is 7.28. The van der Waals surface area contributed by atoms with Crippen molar-refractivity contribution in [3.8, 4) is 5.69 Å². The Hall–Kier alpha value is -3.78. The number of benzene rings is 2. The van der Waals surface area contributed by atoms with E-state index in [-0.39, 0.29) is 11.8 Å². The molecular weight excluding hydrogens is 410 g/mol. The summed E-state index contributed by atoms with van der Waals surface area (Å²) < 4.78 is 1.92. The monoisotopic (exact) mass is 429 g/mol. The van der Waals surface area contributed by atoms with Crippen LogP contribution in [-0.2, 0) is 6.42 Å². The van der Waals surface area contributed by atoms with Crippen LogP contribution in [0.2, 0.25) is 0 Å². The number of carbonyl (C=O) groups is 2. The lowest BCUT2D eigenvalue weighted by molar-refractivity contribution is 0.0986. The molecule has 154 valence electrons. The zero-order valence-electron chi connectivity index (χ0n) is 16.8. The third kappa shape index (κ3) is 3.51. The predicted molar refractivity (Wildman–Crippen MR) is 120 cm³/mol. The Morgan fingerprint density at radius 3 is 2.55 bits per heavy atom. The largest absolute Gasteiger partial charge is 0.321 e. The molecule has 1 N–H and O–H groups in total. The van der Waals surface area contributed by atoms with Gasteiger partial charge in [-0.1, -0.05) is 12.1 Å². The third-order valence-electron chi connectivity index (χ3n) is 5.31. The lowest BCUT2D eigenvalue weighted by Gasteiger charge is -2.22. The van der Waals surface area contributed by atoms with Gasteiger partial charge < -0.3 is 10.2 Å². The van der Waals surface area contributed by atoms with Crippen LogP contribution in [0.15, 0.2) is 66.3 Å². The summed E-state index contributed by atoms with van der Waals surface area (Å²) in [4.78, 5) is 28.2. The van der Waals surface area contributed by atoms with E-state index in [1.54, 1.807) is 35.5 Å². The fraction of sp³-hybridized carbons (Fsp3) is 0.130. The van der Waals surface area contributed by atoms with Gasteiger partial charge in [0.25, 0.3) is 11.8 Å². The minimum atomic E-state index is -0.143. The average molecular weight is 430 g/mol. The van der Waals surface area contributed by atoms with Crippen molar-refractivity contribution >= 4 is 34.5 Å². The summed E-state index contributed by atoms with van der Waals surface area (Å²) >= 11 is 1.41. The van der Waals surface area contributed by atoms with Gasteiger partial charge in [0, 0.05) is 24.2 Å². The third-order valence-corrected chi connectivity index (χ3v) is 6.33.